The molecule has 2 aromatic heterocycles. The van der Waals surface area contributed by atoms with Gasteiger partial charge in [0, 0.05) is 37.1 Å². The highest BCUT2D eigenvalue weighted by molar-refractivity contribution is 7.15. The predicted molar refractivity (Wildman–Crippen MR) is 87.8 cm³/mol. The predicted octanol–water partition coefficient (Wildman–Crippen LogP) is 3.30. The van der Waals surface area contributed by atoms with Gasteiger partial charge in [0.1, 0.15) is 0 Å². The third kappa shape index (κ3) is 3.15. The van der Waals surface area contributed by atoms with Crippen molar-refractivity contribution in [1.82, 2.24) is 9.38 Å². The van der Waals surface area contributed by atoms with Crippen LogP contribution in [0.3, 0.4) is 0 Å². The van der Waals surface area contributed by atoms with E-state index in [4.69, 9.17) is 10.7 Å². The van der Waals surface area contributed by atoms with Crippen LogP contribution in [0.4, 0.5) is 5.82 Å². The molecule has 5 heteroatoms. The topological polar surface area (TPSA) is 46.6 Å². The molecule has 0 bridgehead atoms. The maximum atomic E-state index is 6.18. The minimum absolute atomic E-state index is 0.207. The Morgan fingerprint density at radius 2 is 2.00 bits per heavy atom. The molecule has 0 aliphatic rings. The van der Waals surface area contributed by atoms with Crippen LogP contribution in [0, 0.1) is 0 Å². The van der Waals surface area contributed by atoms with Gasteiger partial charge in [-0.2, -0.15) is 0 Å². The maximum absolute atomic E-state index is 6.18. The monoisotopic (exact) mass is 294 g/mol. The first-order chi connectivity index (χ1) is 9.71. The van der Waals surface area contributed by atoms with Gasteiger partial charge in [-0.15, -0.1) is 11.3 Å². The fourth-order valence-corrected chi connectivity index (χ4v) is 3.25. The molecule has 4 nitrogen and oxygen atoms in total. The Hall–Kier alpha value is -1.07. The Balaban J connectivity index is 2.38. The van der Waals surface area contributed by atoms with Gasteiger partial charge in [0.2, 0.25) is 0 Å². The number of hydrogen-bond donors (Lipinski definition) is 1. The number of thiazole rings is 1. The summed E-state index contributed by atoms with van der Waals surface area (Å²) in [4.78, 5) is 8.34. The van der Waals surface area contributed by atoms with E-state index in [-0.39, 0.29) is 6.04 Å². The summed E-state index contributed by atoms with van der Waals surface area (Å²) in [5.41, 5.74) is 7.46. The molecule has 1 unspecified atom stereocenters. The zero-order chi connectivity index (χ0) is 14.5. The lowest BCUT2D eigenvalue weighted by molar-refractivity contribution is 0.630. The summed E-state index contributed by atoms with van der Waals surface area (Å²) >= 11 is 1.69. The molecule has 0 amide bonds. The molecule has 0 aromatic carbocycles. The molecule has 2 rings (SSSR count). The largest absolute Gasteiger partial charge is 0.355 e. The van der Waals surface area contributed by atoms with Crippen molar-refractivity contribution in [2.45, 2.75) is 52.5 Å². The van der Waals surface area contributed by atoms with Gasteiger partial charge in [-0.25, -0.2) is 4.98 Å². The number of fused-ring (bicyclic) bond motifs is 1. The summed E-state index contributed by atoms with van der Waals surface area (Å²) < 4.78 is 2.22. The highest BCUT2D eigenvalue weighted by Gasteiger charge is 2.19. The molecule has 20 heavy (non-hydrogen) atoms. The quantitative estimate of drug-likeness (QED) is 0.812. The molecule has 0 saturated heterocycles. The van der Waals surface area contributed by atoms with Crippen molar-refractivity contribution in [3.05, 3.63) is 17.3 Å². The van der Waals surface area contributed by atoms with Crippen LogP contribution in [-0.4, -0.2) is 28.5 Å². The van der Waals surface area contributed by atoms with Crippen LogP contribution in [0.15, 0.2) is 11.6 Å². The standard InChI is InChI=1S/C15H26N4S/c1-4-7-18(8-5-2)14-13(11-12(16)6-3)19-9-10-20-15(19)17-14/h9-10,12H,4-8,11,16H2,1-3H3. The van der Waals surface area contributed by atoms with E-state index in [1.165, 1.54) is 5.69 Å². The lowest BCUT2D eigenvalue weighted by Gasteiger charge is -2.23. The van der Waals surface area contributed by atoms with E-state index in [9.17, 15) is 0 Å². The van der Waals surface area contributed by atoms with Crippen molar-refractivity contribution in [3.8, 4) is 0 Å². The molecule has 2 N–H and O–H groups in total. The highest BCUT2D eigenvalue weighted by atomic mass is 32.1. The molecule has 0 spiro atoms. The van der Waals surface area contributed by atoms with Crippen LogP contribution in [0.2, 0.25) is 0 Å². The second-order valence-electron chi connectivity index (χ2n) is 5.30. The zero-order valence-electron chi connectivity index (χ0n) is 12.8. The molecule has 1 atom stereocenters. The molecule has 0 saturated carbocycles. The van der Waals surface area contributed by atoms with E-state index in [1.54, 1.807) is 11.3 Å². The summed E-state index contributed by atoms with van der Waals surface area (Å²) in [6.45, 7) is 8.71. The van der Waals surface area contributed by atoms with Crippen LogP contribution in [0.1, 0.15) is 45.7 Å². The van der Waals surface area contributed by atoms with Gasteiger partial charge in [0.05, 0.1) is 5.69 Å². The highest BCUT2D eigenvalue weighted by Crippen LogP contribution is 2.26. The van der Waals surface area contributed by atoms with Crippen LogP contribution >= 0.6 is 11.3 Å². The van der Waals surface area contributed by atoms with E-state index in [0.29, 0.717) is 0 Å². The second-order valence-corrected chi connectivity index (χ2v) is 6.17. The van der Waals surface area contributed by atoms with Gasteiger partial charge >= 0.3 is 0 Å². The Labute approximate surface area is 125 Å². The zero-order valence-corrected chi connectivity index (χ0v) is 13.6. The Morgan fingerprint density at radius 3 is 2.60 bits per heavy atom. The van der Waals surface area contributed by atoms with Crippen molar-refractivity contribution in [2.24, 2.45) is 5.73 Å². The first-order valence-electron chi connectivity index (χ1n) is 7.66. The summed E-state index contributed by atoms with van der Waals surface area (Å²) in [7, 11) is 0. The SMILES string of the molecule is CCCN(CCC)c1nc2sccn2c1CC(N)CC. The average Bonchev–Trinajstić information content (AvgIpc) is 3.01. The number of aromatic nitrogens is 2. The van der Waals surface area contributed by atoms with Crippen LogP contribution < -0.4 is 10.6 Å². The van der Waals surface area contributed by atoms with E-state index < -0.39 is 0 Å². The minimum Gasteiger partial charge on any atom is -0.355 e. The van der Waals surface area contributed by atoms with Gasteiger partial charge < -0.3 is 10.6 Å². The Bertz CT molecular complexity index is 525. The number of nitrogens with two attached hydrogens (primary N) is 1. The normalized spacial score (nSPS) is 13.0. The van der Waals surface area contributed by atoms with Crippen molar-refractivity contribution in [1.29, 1.82) is 0 Å². The van der Waals surface area contributed by atoms with E-state index in [1.807, 2.05) is 0 Å². The van der Waals surface area contributed by atoms with Crippen molar-refractivity contribution in [2.75, 3.05) is 18.0 Å². The molecule has 0 aliphatic carbocycles. The Kier molecular flexibility index (Phi) is 5.43. The lowest BCUT2D eigenvalue weighted by atomic mass is 10.1. The second kappa shape index (κ2) is 7.09. The third-order valence-electron chi connectivity index (χ3n) is 3.61. The molecular formula is C15H26N4S. The number of rotatable bonds is 8. The van der Waals surface area contributed by atoms with Gasteiger partial charge in [-0.05, 0) is 19.3 Å². The molecule has 0 radical (unpaired) electrons. The number of nitrogens with zero attached hydrogens (tertiary/aromatic N) is 3. The smallest absolute Gasteiger partial charge is 0.195 e. The summed E-state index contributed by atoms with van der Waals surface area (Å²) in [5.74, 6) is 1.14. The van der Waals surface area contributed by atoms with Crippen LogP contribution in [0.5, 0.6) is 0 Å². The van der Waals surface area contributed by atoms with Gasteiger partial charge in [-0.1, -0.05) is 20.8 Å². The van der Waals surface area contributed by atoms with Gasteiger partial charge in [-0.3, -0.25) is 4.40 Å². The van der Waals surface area contributed by atoms with Crippen molar-refractivity contribution >= 4 is 22.1 Å². The fourth-order valence-electron chi connectivity index (χ4n) is 2.52. The molecule has 112 valence electrons. The number of imidazole rings is 1. The Morgan fingerprint density at radius 1 is 1.30 bits per heavy atom. The van der Waals surface area contributed by atoms with Gasteiger partial charge in [0.15, 0.2) is 10.8 Å². The first kappa shape index (κ1) is 15.3. The number of anilines is 1. The molecular weight excluding hydrogens is 268 g/mol. The first-order valence-corrected chi connectivity index (χ1v) is 8.54. The molecule has 2 heterocycles. The van der Waals surface area contributed by atoms with E-state index >= 15 is 0 Å². The third-order valence-corrected chi connectivity index (χ3v) is 4.36. The summed E-state index contributed by atoms with van der Waals surface area (Å²) in [6.07, 6.45) is 6.30. The van der Waals surface area contributed by atoms with E-state index in [0.717, 1.165) is 49.6 Å². The van der Waals surface area contributed by atoms with Crippen molar-refractivity contribution < 1.29 is 0 Å². The van der Waals surface area contributed by atoms with Gasteiger partial charge in [0.25, 0.3) is 0 Å². The molecule has 0 fully saturated rings. The lowest BCUT2D eigenvalue weighted by Crippen LogP contribution is -2.28. The molecule has 2 aromatic rings. The maximum Gasteiger partial charge on any atom is 0.195 e. The summed E-state index contributed by atoms with van der Waals surface area (Å²) in [6, 6.07) is 0.207. The van der Waals surface area contributed by atoms with Crippen molar-refractivity contribution in [3.63, 3.8) is 0 Å². The van der Waals surface area contributed by atoms with Crippen LogP contribution in [-0.2, 0) is 6.42 Å². The average molecular weight is 294 g/mol. The summed E-state index contributed by atoms with van der Waals surface area (Å²) in [5, 5.41) is 2.09. The van der Waals surface area contributed by atoms with Crippen LogP contribution in [0.25, 0.3) is 4.96 Å². The fraction of sp³-hybridized carbons (Fsp3) is 0.667. The molecule has 0 aliphatic heterocycles. The number of hydrogen-bond acceptors (Lipinski definition) is 4. The minimum atomic E-state index is 0.207. The van der Waals surface area contributed by atoms with E-state index in [2.05, 4.69) is 41.6 Å².